The van der Waals surface area contributed by atoms with Crippen LogP contribution in [0.15, 0.2) is 78.2 Å². The van der Waals surface area contributed by atoms with E-state index in [1.807, 2.05) is 78.2 Å². The minimum atomic E-state index is -1.48. The maximum Gasteiger partial charge on any atom is 0.176 e. The fraction of sp³-hybridized carbons (Fsp3) is 0.143. The van der Waals surface area contributed by atoms with E-state index in [9.17, 15) is 10.2 Å². The van der Waals surface area contributed by atoms with Crippen LogP contribution < -0.4 is 0 Å². The summed E-state index contributed by atoms with van der Waals surface area (Å²) < 4.78 is 0. The number of benzene rings is 2. The molecule has 0 aliphatic rings. The Bertz CT molecular complexity index is 802. The Labute approximate surface area is 146 Å². The van der Waals surface area contributed by atoms with Crippen molar-refractivity contribution < 1.29 is 10.2 Å². The normalized spacial score (nSPS) is 13.6. The molecule has 120 valence electrons. The summed E-state index contributed by atoms with van der Waals surface area (Å²) in [5.41, 5.74) is -1.45. The lowest BCUT2D eigenvalue weighted by Crippen LogP contribution is -2.27. The third-order valence-electron chi connectivity index (χ3n) is 3.87. The van der Waals surface area contributed by atoms with Crippen molar-refractivity contribution in [2.24, 2.45) is 0 Å². The molecule has 0 amide bonds. The Morgan fingerprint density at radius 2 is 1.29 bits per heavy atom. The Kier molecular flexibility index (Phi) is 4.55. The van der Waals surface area contributed by atoms with Gasteiger partial charge in [-0.3, -0.25) is 0 Å². The third kappa shape index (κ3) is 3.27. The molecule has 2 N–H and O–H groups in total. The molecule has 0 bridgehead atoms. The molecule has 0 aliphatic carbocycles. The predicted octanol–water partition coefficient (Wildman–Crippen LogP) is 3.90. The Morgan fingerprint density at radius 3 is 1.75 bits per heavy atom. The molecule has 3 heteroatoms. The smallest absolute Gasteiger partial charge is 0.176 e. The van der Waals surface area contributed by atoms with Gasteiger partial charge in [0.1, 0.15) is 0 Å². The third-order valence-corrected chi connectivity index (χ3v) is 4.95. The molecule has 1 aromatic heterocycles. The van der Waals surface area contributed by atoms with Crippen molar-refractivity contribution in [2.45, 2.75) is 18.1 Å². The van der Waals surface area contributed by atoms with E-state index in [-0.39, 0.29) is 0 Å². The predicted molar refractivity (Wildman–Crippen MR) is 97.5 cm³/mol. The van der Waals surface area contributed by atoms with Gasteiger partial charge in [0, 0.05) is 16.0 Å². The van der Waals surface area contributed by atoms with E-state index in [4.69, 9.17) is 0 Å². The molecule has 0 saturated heterocycles. The Balaban J connectivity index is 2.10. The van der Waals surface area contributed by atoms with E-state index >= 15 is 0 Å². The van der Waals surface area contributed by atoms with Gasteiger partial charge < -0.3 is 10.2 Å². The highest BCUT2D eigenvalue weighted by Gasteiger charge is 2.30. The molecule has 1 heterocycles. The molecule has 3 rings (SSSR count). The Hall–Kier alpha value is -2.38. The van der Waals surface area contributed by atoms with Gasteiger partial charge in [0.2, 0.25) is 0 Å². The average Bonchev–Trinajstić information content (AvgIpc) is 3.17. The van der Waals surface area contributed by atoms with Gasteiger partial charge >= 0.3 is 0 Å². The van der Waals surface area contributed by atoms with Gasteiger partial charge in [-0.05, 0) is 18.4 Å². The first-order valence-electron chi connectivity index (χ1n) is 7.66. The van der Waals surface area contributed by atoms with E-state index in [0.717, 1.165) is 4.88 Å². The van der Waals surface area contributed by atoms with Gasteiger partial charge in [0.05, 0.1) is 0 Å². The van der Waals surface area contributed by atoms with E-state index in [2.05, 4.69) is 11.8 Å². The zero-order valence-corrected chi connectivity index (χ0v) is 14.1. The highest BCUT2D eigenvalue weighted by molar-refractivity contribution is 7.10. The van der Waals surface area contributed by atoms with Gasteiger partial charge in [-0.25, -0.2) is 0 Å². The molecule has 2 aromatic carbocycles. The second-order valence-corrected chi connectivity index (χ2v) is 6.69. The van der Waals surface area contributed by atoms with Crippen LogP contribution in [0, 0.1) is 11.8 Å². The molecular formula is C21H18O2S. The Morgan fingerprint density at radius 1 is 0.750 bits per heavy atom. The van der Waals surface area contributed by atoms with Gasteiger partial charge in [0.15, 0.2) is 11.2 Å². The number of rotatable bonds is 3. The highest BCUT2D eigenvalue weighted by atomic mass is 32.1. The van der Waals surface area contributed by atoms with Crippen LogP contribution in [0.5, 0.6) is 0 Å². The summed E-state index contributed by atoms with van der Waals surface area (Å²) in [6.45, 7) is 1.64. The standard InChI is InChI=1S/C21H18O2S/c1-20(22,19-13-8-16-24-19)14-15-21(23,17-9-4-2-5-10-17)18-11-6-3-7-12-18/h2-13,16,22-23H,1H3. The summed E-state index contributed by atoms with van der Waals surface area (Å²) in [7, 11) is 0. The highest BCUT2D eigenvalue weighted by Crippen LogP contribution is 2.30. The average molecular weight is 334 g/mol. The first-order chi connectivity index (χ1) is 11.5. The minimum Gasteiger partial charge on any atom is -0.373 e. The monoisotopic (exact) mass is 334 g/mol. The second-order valence-electron chi connectivity index (χ2n) is 5.74. The quantitative estimate of drug-likeness (QED) is 0.713. The van der Waals surface area contributed by atoms with Gasteiger partial charge in [-0.2, -0.15) is 0 Å². The topological polar surface area (TPSA) is 40.5 Å². The van der Waals surface area contributed by atoms with Crippen LogP contribution in [-0.2, 0) is 11.2 Å². The molecule has 0 fully saturated rings. The SMILES string of the molecule is CC(O)(C#CC(O)(c1ccccc1)c1ccccc1)c1cccs1. The maximum absolute atomic E-state index is 11.3. The lowest BCUT2D eigenvalue weighted by molar-refractivity contribution is 0.120. The van der Waals surface area contributed by atoms with Crippen molar-refractivity contribution in [3.05, 3.63) is 94.2 Å². The largest absolute Gasteiger partial charge is 0.373 e. The van der Waals surface area contributed by atoms with E-state index < -0.39 is 11.2 Å². The van der Waals surface area contributed by atoms with Crippen LogP contribution in [0.3, 0.4) is 0 Å². The fourth-order valence-corrected chi connectivity index (χ4v) is 3.24. The summed E-state index contributed by atoms with van der Waals surface area (Å²) in [4.78, 5) is 0.749. The van der Waals surface area contributed by atoms with Crippen LogP contribution in [0.1, 0.15) is 22.9 Å². The first kappa shape index (κ1) is 16.5. The maximum atomic E-state index is 11.3. The summed E-state index contributed by atoms with van der Waals surface area (Å²) in [5.74, 6) is 5.78. The van der Waals surface area contributed by atoms with Crippen LogP contribution >= 0.6 is 11.3 Å². The van der Waals surface area contributed by atoms with E-state index in [1.54, 1.807) is 6.92 Å². The molecule has 0 aliphatic heterocycles. The lowest BCUT2D eigenvalue weighted by Gasteiger charge is -2.24. The van der Waals surface area contributed by atoms with E-state index in [0.29, 0.717) is 11.1 Å². The molecule has 2 nitrogen and oxygen atoms in total. The zero-order valence-electron chi connectivity index (χ0n) is 13.3. The van der Waals surface area contributed by atoms with Crippen molar-refractivity contribution in [3.63, 3.8) is 0 Å². The van der Waals surface area contributed by atoms with Crippen molar-refractivity contribution in [2.75, 3.05) is 0 Å². The van der Waals surface area contributed by atoms with Crippen LogP contribution in [0.4, 0.5) is 0 Å². The molecule has 24 heavy (non-hydrogen) atoms. The summed E-state index contributed by atoms with van der Waals surface area (Å²) in [6, 6.07) is 22.3. The number of hydrogen-bond acceptors (Lipinski definition) is 3. The molecule has 1 atom stereocenters. The van der Waals surface area contributed by atoms with Gasteiger partial charge in [-0.15, -0.1) is 11.3 Å². The fourth-order valence-electron chi connectivity index (χ4n) is 2.50. The lowest BCUT2D eigenvalue weighted by atomic mass is 9.86. The number of hydrogen-bond donors (Lipinski definition) is 2. The minimum absolute atomic E-state index is 0.672. The molecule has 0 saturated carbocycles. The van der Waals surface area contributed by atoms with Crippen LogP contribution in [0.25, 0.3) is 0 Å². The molecule has 0 spiro atoms. The van der Waals surface area contributed by atoms with Crippen molar-refractivity contribution in [3.8, 4) is 11.8 Å². The van der Waals surface area contributed by atoms with Crippen molar-refractivity contribution in [1.82, 2.24) is 0 Å². The van der Waals surface area contributed by atoms with Crippen molar-refractivity contribution >= 4 is 11.3 Å². The number of thiophene rings is 1. The van der Waals surface area contributed by atoms with Crippen LogP contribution in [-0.4, -0.2) is 10.2 Å². The van der Waals surface area contributed by atoms with Crippen molar-refractivity contribution in [1.29, 1.82) is 0 Å². The number of aliphatic hydroxyl groups is 2. The summed E-state index contributed by atoms with van der Waals surface area (Å²) in [6.07, 6.45) is 0. The zero-order chi connectivity index (χ0) is 17.0. The van der Waals surface area contributed by atoms with Gasteiger partial charge in [0.25, 0.3) is 0 Å². The second kappa shape index (κ2) is 6.62. The van der Waals surface area contributed by atoms with Gasteiger partial charge in [-0.1, -0.05) is 78.6 Å². The molecule has 0 radical (unpaired) electrons. The molecule has 1 unspecified atom stereocenters. The molecular weight excluding hydrogens is 316 g/mol. The van der Waals surface area contributed by atoms with Crippen LogP contribution in [0.2, 0.25) is 0 Å². The van der Waals surface area contributed by atoms with E-state index in [1.165, 1.54) is 11.3 Å². The summed E-state index contributed by atoms with van der Waals surface area (Å²) >= 11 is 1.44. The first-order valence-corrected chi connectivity index (χ1v) is 8.54. The molecule has 3 aromatic rings. The summed E-state index contributed by atoms with van der Waals surface area (Å²) in [5, 5.41) is 23.9.